The average Bonchev–Trinajstić information content (AvgIpc) is 3.00. The average molecular weight is 339 g/mol. The van der Waals surface area contributed by atoms with Gasteiger partial charge in [-0.05, 0) is 31.2 Å². The summed E-state index contributed by atoms with van der Waals surface area (Å²) in [7, 11) is 0. The summed E-state index contributed by atoms with van der Waals surface area (Å²) >= 11 is 13.3. The maximum Gasteiger partial charge on any atom is 0.363 e. The predicted octanol–water partition coefficient (Wildman–Crippen LogP) is 4.10. The lowest BCUT2D eigenvalue weighted by Gasteiger charge is -2.01. The third kappa shape index (κ3) is 3.00. The Kier molecular flexibility index (Phi) is 3.80. The monoisotopic (exact) mass is 338 g/mol. The molecule has 1 aromatic heterocycles. The summed E-state index contributed by atoms with van der Waals surface area (Å²) in [6.07, 6.45) is 1.59. The molecule has 0 saturated heterocycles. The Labute approximate surface area is 134 Å². The molecule has 1 aliphatic rings. The smallest absolute Gasteiger partial charge is 0.363 e. The first-order chi connectivity index (χ1) is 10.0. The van der Waals surface area contributed by atoms with E-state index in [0.29, 0.717) is 21.3 Å². The van der Waals surface area contributed by atoms with E-state index in [9.17, 15) is 4.79 Å². The molecule has 21 heavy (non-hydrogen) atoms. The second-order valence-electron chi connectivity index (χ2n) is 4.26. The molecule has 0 spiro atoms. The highest BCUT2D eigenvalue weighted by atomic mass is 35.5. The van der Waals surface area contributed by atoms with Crippen LogP contribution in [0.25, 0.3) is 6.08 Å². The van der Waals surface area contributed by atoms with Crippen molar-refractivity contribution in [2.75, 3.05) is 0 Å². The Balaban J connectivity index is 1.95. The topological polar surface area (TPSA) is 51.6 Å². The number of hydrogen-bond donors (Lipinski definition) is 0. The van der Waals surface area contributed by atoms with Gasteiger partial charge in [-0.3, -0.25) is 0 Å². The maximum absolute atomic E-state index is 11.8. The third-order valence-corrected chi connectivity index (χ3v) is 4.24. The lowest BCUT2D eigenvalue weighted by atomic mass is 10.2. The van der Waals surface area contributed by atoms with Crippen molar-refractivity contribution >= 4 is 52.5 Å². The van der Waals surface area contributed by atoms with E-state index in [2.05, 4.69) is 9.98 Å². The minimum absolute atomic E-state index is 0.205. The van der Waals surface area contributed by atoms with Crippen molar-refractivity contribution in [2.45, 2.75) is 6.92 Å². The van der Waals surface area contributed by atoms with Crippen LogP contribution >= 0.6 is 34.5 Å². The number of carbonyl (C=O) groups is 1. The van der Waals surface area contributed by atoms with Crippen LogP contribution in [0.1, 0.15) is 16.3 Å². The van der Waals surface area contributed by atoms with Gasteiger partial charge in [0.25, 0.3) is 0 Å². The first-order valence-electron chi connectivity index (χ1n) is 5.93. The molecule has 0 aliphatic carbocycles. The van der Waals surface area contributed by atoms with Crippen LogP contribution in [0, 0.1) is 6.92 Å². The van der Waals surface area contributed by atoms with Gasteiger partial charge in [0.2, 0.25) is 5.90 Å². The largest absolute Gasteiger partial charge is 0.402 e. The summed E-state index contributed by atoms with van der Waals surface area (Å²) in [5, 5.41) is 3.57. The molecule has 0 bridgehead atoms. The number of thiazole rings is 1. The zero-order chi connectivity index (χ0) is 15.0. The van der Waals surface area contributed by atoms with Crippen molar-refractivity contribution in [2.24, 2.45) is 4.99 Å². The highest BCUT2D eigenvalue weighted by Crippen LogP contribution is 2.25. The van der Waals surface area contributed by atoms with Crippen LogP contribution in [0.3, 0.4) is 0 Å². The predicted molar refractivity (Wildman–Crippen MR) is 83.9 cm³/mol. The van der Waals surface area contributed by atoms with Crippen LogP contribution in [-0.4, -0.2) is 16.9 Å². The van der Waals surface area contributed by atoms with Gasteiger partial charge in [0.1, 0.15) is 0 Å². The molecule has 0 N–H and O–H groups in total. The van der Waals surface area contributed by atoms with E-state index in [1.165, 1.54) is 11.3 Å². The van der Waals surface area contributed by atoms with E-state index >= 15 is 0 Å². The molecule has 2 heterocycles. The molecule has 0 radical (unpaired) electrons. The van der Waals surface area contributed by atoms with Crippen LogP contribution in [0.15, 0.2) is 34.3 Å². The number of carbonyl (C=O) groups excluding carboxylic acids is 1. The molecule has 0 atom stereocenters. The lowest BCUT2D eigenvalue weighted by Crippen LogP contribution is -2.05. The highest BCUT2D eigenvalue weighted by Gasteiger charge is 2.24. The second kappa shape index (κ2) is 5.60. The summed E-state index contributed by atoms with van der Waals surface area (Å²) in [5.41, 5.74) is 1.49. The van der Waals surface area contributed by atoms with Gasteiger partial charge in [0.15, 0.2) is 5.70 Å². The number of halogens is 2. The van der Waals surface area contributed by atoms with Gasteiger partial charge < -0.3 is 4.74 Å². The van der Waals surface area contributed by atoms with Crippen molar-refractivity contribution in [3.63, 3.8) is 0 Å². The molecule has 0 unspecified atom stereocenters. The highest BCUT2D eigenvalue weighted by molar-refractivity contribution is 7.09. The van der Waals surface area contributed by atoms with Gasteiger partial charge in [-0.25, -0.2) is 14.8 Å². The van der Waals surface area contributed by atoms with Gasteiger partial charge in [-0.1, -0.05) is 23.2 Å². The molecule has 106 valence electrons. The van der Waals surface area contributed by atoms with Crippen LogP contribution in [0.2, 0.25) is 10.0 Å². The Morgan fingerprint density at radius 1 is 1.29 bits per heavy atom. The number of esters is 1. The molecule has 4 nitrogen and oxygen atoms in total. The first kappa shape index (κ1) is 14.3. The number of rotatable bonds is 2. The lowest BCUT2D eigenvalue weighted by molar-refractivity contribution is -0.129. The molecule has 0 fully saturated rings. The standard InChI is InChI=1S/C14H8Cl2N2O2S/c1-7-17-9(6-21-7)5-12-14(19)20-13(18-12)8-2-3-10(15)11(16)4-8/h2-6H,1H3/b12-5+. The summed E-state index contributed by atoms with van der Waals surface area (Å²) < 4.78 is 5.15. The molecule has 1 aromatic carbocycles. The molecule has 2 aromatic rings. The second-order valence-corrected chi connectivity index (χ2v) is 6.13. The summed E-state index contributed by atoms with van der Waals surface area (Å²) in [6, 6.07) is 4.92. The van der Waals surface area contributed by atoms with E-state index in [0.717, 1.165) is 5.01 Å². The fraction of sp³-hybridized carbons (Fsp3) is 0.0714. The van der Waals surface area contributed by atoms with Crippen LogP contribution in [0.4, 0.5) is 0 Å². The summed E-state index contributed by atoms with van der Waals surface area (Å²) in [4.78, 5) is 20.3. The fourth-order valence-electron chi connectivity index (χ4n) is 1.75. The fourth-order valence-corrected chi connectivity index (χ4v) is 2.62. The van der Waals surface area contributed by atoms with E-state index in [-0.39, 0.29) is 11.6 Å². The number of hydrogen-bond acceptors (Lipinski definition) is 5. The number of aryl methyl sites for hydroxylation is 1. The van der Waals surface area contributed by atoms with E-state index in [4.69, 9.17) is 27.9 Å². The van der Waals surface area contributed by atoms with E-state index in [1.54, 1.807) is 24.3 Å². The van der Waals surface area contributed by atoms with Gasteiger partial charge in [-0.15, -0.1) is 11.3 Å². The Hall–Kier alpha value is -1.69. The number of aromatic nitrogens is 1. The number of benzene rings is 1. The SMILES string of the molecule is Cc1nc(/C=C2/N=C(c3ccc(Cl)c(Cl)c3)OC2=O)cs1. The Morgan fingerprint density at radius 3 is 2.76 bits per heavy atom. The number of nitrogens with zero attached hydrogens (tertiary/aromatic N) is 2. The number of aliphatic imine (C=N–C) groups is 1. The molecular formula is C14H8Cl2N2O2S. The Bertz CT molecular complexity index is 796. The quantitative estimate of drug-likeness (QED) is 0.611. The normalized spacial score (nSPS) is 16.2. The van der Waals surface area contributed by atoms with Gasteiger partial charge in [-0.2, -0.15) is 0 Å². The van der Waals surface area contributed by atoms with Gasteiger partial charge in [0.05, 0.1) is 20.7 Å². The van der Waals surface area contributed by atoms with E-state index < -0.39 is 5.97 Å². The zero-order valence-electron chi connectivity index (χ0n) is 10.8. The van der Waals surface area contributed by atoms with Crippen molar-refractivity contribution in [3.05, 3.63) is 55.6 Å². The molecule has 7 heteroatoms. The minimum atomic E-state index is -0.512. The molecule has 3 rings (SSSR count). The first-order valence-corrected chi connectivity index (χ1v) is 7.56. The van der Waals surface area contributed by atoms with Crippen LogP contribution in [0.5, 0.6) is 0 Å². The zero-order valence-corrected chi connectivity index (χ0v) is 13.1. The number of ether oxygens (including phenoxy) is 1. The number of cyclic esters (lactones) is 1. The van der Waals surface area contributed by atoms with Crippen LogP contribution < -0.4 is 0 Å². The summed E-state index contributed by atoms with van der Waals surface area (Å²) in [5.74, 6) is -0.307. The van der Waals surface area contributed by atoms with E-state index in [1.807, 2.05) is 12.3 Å². The maximum atomic E-state index is 11.8. The van der Waals surface area contributed by atoms with Gasteiger partial charge in [0, 0.05) is 10.9 Å². The third-order valence-electron chi connectivity index (χ3n) is 2.71. The van der Waals surface area contributed by atoms with Crippen molar-refractivity contribution in [3.8, 4) is 0 Å². The van der Waals surface area contributed by atoms with Crippen LogP contribution in [-0.2, 0) is 9.53 Å². The van der Waals surface area contributed by atoms with Crippen molar-refractivity contribution < 1.29 is 9.53 Å². The molecule has 0 amide bonds. The summed E-state index contributed by atoms with van der Waals surface area (Å²) in [6.45, 7) is 1.89. The van der Waals surface area contributed by atoms with Crippen molar-refractivity contribution in [1.29, 1.82) is 0 Å². The molecular weight excluding hydrogens is 331 g/mol. The Morgan fingerprint density at radius 2 is 2.10 bits per heavy atom. The van der Waals surface area contributed by atoms with Gasteiger partial charge >= 0.3 is 5.97 Å². The minimum Gasteiger partial charge on any atom is -0.402 e. The molecule has 1 aliphatic heterocycles. The molecule has 0 saturated carbocycles. The van der Waals surface area contributed by atoms with Crippen molar-refractivity contribution in [1.82, 2.24) is 4.98 Å².